The lowest BCUT2D eigenvalue weighted by molar-refractivity contribution is -0.134. The second-order valence-electron chi connectivity index (χ2n) is 6.98. The quantitative estimate of drug-likeness (QED) is 0.782. The fourth-order valence-corrected chi connectivity index (χ4v) is 3.86. The summed E-state index contributed by atoms with van der Waals surface area (Å²) in [6, 6.07) is 10.1. The van der Waals surface area contributed by atoms with Gasteiger partial charge in [0.25, 0.3) is 0 Å². The molecule has 0 N–H and O–H groups in total. The van der Waals surface area contributed by atoms with Crippen molar-refractivity contribution < 1.29 is 9.59 Å². The second kappa shape index (κ2) is 7.95. The van der Waals surface area contributed by atoms with Gasteiger partial charge in [-0.05, 0) is 12.0 Å². The van der Waals surface area contributed by atoms with Gasteiger partial charge in [-0.2, -0.15) is 0 Å². The first-order valence-corrected chi connectivity index (χ1v) is 9.70. The highest BCUT2D eigenvalue weighted by Crippen LogP contribution is 2.31. The number of hydrogen-bond donors (Lipinski definition) is 0. The Labute approximate surface area is 157 Å². The third-order valence-corrected chi connectivity index (χ3v) is 5.83. The molecule has 1 unspecified atom stereocenters. The third-order valence-electron chi connectivity index (χ3n) is 4.58. The predicted octanol–water partition coefficient (Wildman–Crippen LogP) is 2.72. The minimum Gasteiger partial charge on any atom is -0.345 e. The summed E-state index contributed by atoms with van der Waals surface area (Å²) in [5.74, 6) is -0.0631. The lowest BCUT2D eigenvalue weighted by Gasteiger charge is -2.21. The van der Waals surface area contributed by atoms with Crippen LogP contribution in [-0.4, -0.2) is 47.0 Å². The van der Waals surface area contributed by atoms with E-state index < -0.39 is 0 Å². The lowest BCUT2D eigenvalue weighted by Crippen LogP contribution is -2.36. The Balaban J connectivity index is 1.59. The highest BCUT2D eigenvalue weighted by atomic mass is 32.1. The van der Waals surface area contributed by atoms with Crippen LogP contribution in [0.25, 0.3) is 0 Å². The molecular weight excluding hydrogens is 348 g/mol. The van der Waals surface area contributed by atoms with E-state index in [1.165, 1.54) is 16.9 Å². The Bertz CT molecular complexity index is 775. The molecule has 0 bridgehead atoms. The zero-order chi connectivity index (χ0) is 18.7. The van der Waals surface area contributed by atoms with E-state index in [1.807, 2.05) is 32.0 Å². The van der Waals surface area contributed by atoms with Crippen LogP contribution in [0.2, 0.25) is 0 Å². The van der Waals surface area contributed by atoms with Gasteiger partial charge in [-0.15, -0.1) is 10.2 Å². The molecule has 1 fully saturated rings. The van der Waals surface area contributed by atoms with Crippen molar-refractivity contribution >= 4 is 28.3 Å². The van der Waals surface area contributed by atoms with Gasteiger partial charge in [0.2, 0.25) is 16.9 Å². The van der Waals surface area contributed by atoms with Crippen molar-refractivity contribution in [2.24, 2.45) is 5.92 Å². The van der Waals surface area contributed by atoms with Crippen LogP contribution in [0.1, 0.15) is 36.8 Å². The molecule has 2 aromatic rings. The van der Waals surface area contributed by atoms with E-state index >= 15 is 0 Å². The Morgan fingerprint density at radius 1 is 1.31 bits per heavy atom. The summed E-state index contributed by atoms with van der Waals surface area (Å²) in [4.78, 5) is 28.4. The smallest absolute Gasteiger partial charge is 0.229 e. The van der Waals surface area contributed by atoms with Gasteiger partial charge < -0.3 is 4.90 Å². The van der Waals surface area contributed by atoms with E-state index in [0.29, 0.717) is 18.2 Å². The van der Waals surface area contributed by atoms with Crippen LogP contribution in [0.15, 0.2) is 30.3 Å². The predicted molar refractivity (Wildman–Crippen MR) is 102 cm³/mol. The number of carbonyl (C=O) groups is 2. The van der Waals surface area contributed by atoms with Crippen molar-refractivity contribution in [2.75, 3.05) is 25.0 Å². The molecule has 138 valence electrons. The second-order valence-corrected chi connectivity index (χ2v) is 7.97. The van der Waals surface area contributed by atoms with Gasteiger partial charge >= 0.3 is 0 Å². The van der Waals surface area contributed by atoms with E-state index in [-0.39, 0.29) is 30.1 Å². The van der Waals surface area contributed by atoms with Crippen LogP contribution in [0, 0.1) is 5.92 Å². The lowest BCUT2D eigenvalue weighted by atomic mass is 10.1. The molecule has 0 saturated carbocycles. The van der Waals surface area contributed by atoms with Crippen LogP contribution in [-0.2, 0) is 16.0 Å². The molecule has 1 aliphatic rings. The van der Waals surface area contributed by atoms with Crippen LogP contribution >= 0.6 is 11.3 Å². The van der Waals surface area contributed by atoms with E-state index in [0.717, 1.165) is 11.4 Å². The van der Waals surface area contributed by atoms with E-state index in [2.05, 4.69) is 22.3 Å². The molecule has 1 aromatic carbocycles. The Morgan fingerprint density at radius 3 is 2.69 bits per heavy atom. The number of nitrogens with zero attached hydrogens (tertiary/aromatic N) is 4. The Hall–Kier alpha value is -2.28. The van der Waals surface area contributed by atoms with Gasteiger partial charge in [0, 0.05) is 32.5 Å². The van der Waals surface area contributed by atoms with Gasteiger partial charge in [-0.3, -0.25) is 14.5 Å². The first-order valence-electron chi connectivity index (χ1n) is 8.88. The molecule has 7 heteroatoms. The molecule has 1 atom stereocenters. The summed E-state index contributed by atoms with van der Waals surface area (Å²) in [5.41, 5.74) is 1.20. The van der Waals surface area contributed by atoms with Crippen molar-refractivity contribution in [2.45, 2.75) is 32.6 Å². The van der Waals surface area contributed by atoms with Crippen LogP contribution < -0.4 is 4.90 Å². The summed E-state index contributed by atoms with van der Waals surface area (Å²) in [5, 5.41) is 9.78. The summed E-state index contributed by atoms with van der Waals surface area (Å²) in [6.45, 7) is 5.12. The molecule has 0 aliphatic carbocycles. The molecule has 1 aromatic heterocycles. The number of hydrogen-bond acceptors (Lipinski definition) is 5. The number of amides is 2. The number of likely N-dealkylation sites (N-methyl/N-ethyl adjacent to an activating group) is 1. The van der Waals surface area contributed by atoms with Gasteiger partial charge in [-0.25, -0.2) is 0 Å². The zero-order valence-corrected chi connectivity index (χ0v) is 16.2. The van der Waals surface area contributed by atoms with Crippen molar-refractivity contribution in [1.82, 2.24) is 15.1 Å². The highest BCUT2D eigenvalue weighted by molar-refractivity contribution is 7.15. The summed E-state index contributed by atoms with van der Waals surface area (Å²) in [6.07, 6.45) is 1.05. The number of benzene rings is 1. The zero-order valence-electron chi connectivity index (χ0n) is 15.4. The first kappa shape index (κ1) is 18.5. The maximum atomic E-state index is 12.7. The van der Waals surface area contributed by atoms with Crippen LogP contribution in [0.4, 0.5) is 5.13 Å². The van der Waals surface area contributed by atoms with Crippen molar-refractivity contribution in [3.05, 3.63) is 40.9 Å². The SMILES string of the molecule is CC(C)c1nnc(N2CC(C(=O)N(C)CCc3ccccc3)CC2=O)s1. The fraction of sp³-hybridized carbons (Fsp3) is 0.474. The van der Waals surface area contributed by atoms with Crippen LogP contribution in [0.3, 0.4) is 0 Å². The molecule has 26 heavy (non-hydrogen) atoms. The van der Waals surface area contributed by atoms with Gasteiger partial charge in [0.1, 0.15) is 5.01 Å². The Kier molecular flexibility index (Phi) is 5.66. The molecule has 3 rings (SSSR count). The molecular formula is C19H24N4O2S. The Morgan fingerprint density at radius 2 is 2.04 bits per heavy atom. The summed E-state index contributed by atoms with van der Waals surface area (Å²) in [7, 11) is 1.81. The van der Waals surface area contributed by atoms with E-state index in [1.54, 1.807) is 16.8 Å². The number of carbonyl (C=O) groups excluding carboxylic acids is 2. The minimum atomic E-state index is -0.310. The first-order chi connectivity index (χ1) is 12.5. The molecule has 0 spiro atoms. The number of rotatable bonds is 6. The van der Waals surface area contributed by atoms with Crippen molar-refractivity contribution in [3.8, 4) is 0 Å². The topological polar surface area (TPSA) is 66.4 Å². The third kappa shape index (κ3) is 4.09. The highest BCUT2D eigenvalue weighted by Gasteiger charge is 2.38. The van der Waals surface area contributed by atoms with E-state index in [9.17, 15) is 9.59 Å². The normalized spacial score (nSPS) is 17.2. The maximum Gasteiger partial charge on any atom is 0.229 e. The van der Waals surface area contributed by atoms with Gasteiger partial charge in [-0.1, -0.05) is 55.5 Å². The summed E-state index contributed by atoms with van der Waals surface area (Å²) < 4.78 is 0. The average Bonchev–Trinajstić information content (AvgIpc) is 3.26. The molecule has 2 heterocycles. The summed E-state index contributed by atoms with van der Waals surface area (Å²) >= 11 is 1.43. The molecule has 2 amide bonds. The fourth-order valence-electron chi connectivity index (χ4n) is 2.99. The monoisotopic (exact) mass is 372 g/mol. The van der Waals surface area contributed by atoms with Gasteiger partial charge in [0.15, 0.2) is 0 Å². The molecule has 1 aliphatic heterocycles. The average molecular weight is 372 g/mol. The standard InChI is InChI=1S/C19H24N4O2S/c1-13(2)17-20-21-19(26-17)23-12-15(11-16(23)24)18(25)22(3)10-9-14-7-5-4-6-8-14/h4-8,13,15H,9-12H2,1-3H3. The molecule has 6 nitrogen and oxygen atoms in total. The number of anilines is 1. The van der Waals surface area contributed by atoms with Gasteiger partial charge in [0.05, 0.1) is 5.92 Å². The van der Waals surface area contributed by atoms with E-state index in [4.69, 9.17) is 0 Å². The van der Waals surface area contributed by atoms with Crippen molar-refractivity contribution in [1.29, 1.82) is 0 Å². The molecule has 0 radical (unpaired) electrons. The largest absolute Gasteiger partial charge is 0.345 e. The minimum absolute atomic E-state index is 0.0189. The maximum absolute atomic E-state index is 12.7. The van der Waals surface area contributed by atoms with Crippen molar-refractivity contribution in [3.63, 3.8) is 0 Å². The molecule has 1 saturated heterocycles. The van der Waals surface area contributed by atoms with Crippen LogP contribution in [0.5, 0.6) is 0 Å². The number of aromatic nitrogens is 2.